The van der Waals surface area contributed by atoms with E-state index >= 15 is 0 Å². The van der Waals surface area contributed by atoms with Crippen molar-refractivity contribution in [1.29, 1.82) is 5.26 Å². The minimum atomic E-state index is -0.457. The Bertz CT molecular complexity index is 1240. The van der Waals surface area contributed by atoms with Crippen molar-refractivity contribution in [2.24, 2.45) is 0 Å². The molecule has 0 bridgehead atoms. The maximum atomic E-state index is 9.76. The molecule has 0 amide bonds. The minimum absolute atomic E-state index is 0.412. The SMILES string of the molecule is CC.Cc1c(B2OC(C)(C)C(C)(C)O2)cccc1-c1nc2cc(CN3CCCC3)cc(C#N)c2o1. The van der Waals surface area contributed by atoms with Crippen LogP contribution in [0.15, 0.2) is 34.7 Å². The van der Waals surface area contributed by atoms with Gasteiger partial charge in [-0.2, -0.15) is 5.26 Å². The largest absolute Gasteiger partial charge is 0.495 e. The fraction of sp³-hybridized carbons (Fsp3) is 0.500. The maximum absolute atomic E-state index is 9.76. The third-order valence-electron chi connectivity index (χ3n) is 7.39. The summed E-state index contributed by atoms with van der Waals surface area (Å²) in [6, 6.07) is 12.3. The van der Waals surface area contributed by atoms with Gasteiger partial charge in [0.2, 0.25) is 5.89 Å². The van der Waals surface area contributed by atoms with E-state index in [1.165, 1.54) is 12.8 Å². The Kier molecular flexibility index (Phi) is 7.10. The van der Waals surface area contributed by atoms with E-state index < -0.39 is 18.3 Å². The van der Waals surface area contributed by atoms with Gasteiger partial charge < -0.3 is 13.7 Å². The molecule has 2 aliphatic heterocycles. The molecule has 0 unspecified atom stereocenters. The zero-order valence-corrected chi connectivity index (χ0v) is 22.1. The van der Waals surface area contributed by atoms with Gasteiger partial charge in [0, 0.05) is 12.1 Å². The average molecular weight is 473 g/mol. The van der Waals surface area contributed by atoms with Crippen LogP contribution in [0.5, 0.6) is 0 Å². The molecule has 7 heteroatoms. The fourth-order valence-corrected chi connectivity index (χ4v) is 4.69. The molecule has 1 aromatic heterocycles. The van der Waals surface area contributed by atoms with Crippen molar-refractivity contribution >= 4 is 23.7 Å². The van der Waals surface area contributed by atoms with Gasteiger partial charge in [0.25, 0.3) is 0 Å². The molecule has 184 valence electrons. The Labute approximate surface area is 209 Å². The molecule has 0 spiro atoms. The standard InChI is InChI=1S/C26H30BN3O3.C2H6/c1-17-20(9-8-10-21(17)27-32-25(2,3)26(4,5)33-27)24-29-22-14-18(16-30-11-6-7-12-30)13-19(15-28)23(22)31-24;1-2/h8-10,13-14H,6-7,11-12,16H2,1-5H3;1-2H3. The summed E-state index contributed by atoms with van der Waals surface area (Å²) in [5.74, 6) is 0.510. The van der Waals surface area contributed by atoms with Crippen LogP contribution in [0.3, 0.4) is 0 Å². The molecule has 35 heavy (non-hydrogen) atoms. The number of fused-ring (bicyclic) bond motifs is 1. The highest BCUT2D eigenvalue weighted by molar-refractivity contribution is 6.62. The Morgan fingerprint density at radius 2 is 1.71 bits per heavy atom. The van der Waals surface area contributed by atoms with E-state index in [9.17, 15) is 5.26 Å². The van der Waals surface area contributed by atoms with E-state index in [1.807, 2.05) is 45.0 Å². The van der Waals surface area contributed by atoms with E-state index in [1.54, 1.807) is 0 Å². The Hall–Kier alpha value is -2.66. The predicted octanol–water partition coefficient (Wildman–Crippen LogP) is 5.60. The highest BCUT2D eigenvalue weighted by atomic mass is 16.7. The summed E-state index contributed by atoms with van der Waals surface area (Å²) < 4.78 is 18.7. The van der Waals surface area contributed by atoms with Gasteiger partial charge in [-0.1, -0.05) is 26.0 Å². The Balaban J connectivity index is 0.00000141. The molecule has 2 saturated heterocycles. The normalized spacial score (nSPS) is 19.0. The monoisotopic (exact) mass is 473 g/mol. The summed E-state index contributed by atoms with van der Waals surface area (Å²) in [5.41, 5.74) is 4.90. The first-order valence-corrected chi connectivity index (χ1v) is 12.7. The molecular formula is C28H36BN3O3. The molecule has 0 saturated carbocycles. The van der Waals surface area contributed by atoms with Crippen LogP contribution < -0.4 is 5.46 Å². The number of hydrogen-bond acceptors (Lipinski definition) is 6. The number of oxazole rings is 1. The maximum Gasteiger partial charge on any atom is 0.495 e. The topological polar surface area (TPSA) is 71.5 Å². The highest BCUT2D eigenvalue weighted by Crippen LogP contribution is 2.37. The van der Waals surface area contributed by atoms with E-state index in [-0.39, 0.29) is 0 Å². The Morgan fingerprint density at radius 3 is 2.34 bits per heavy atom. The van der Waals surface area contributed by atoms with Crippen molar-refractivity contribution < 1.29 is 13.7 Å². The molecule has 3 heterocycles. The molecular weight excluding hydrogens is 437 g/mol. The van der Waals surface area contributed by atoms with Crippen LogP contribution in [0, 0.1) is 18.3 Å². The van der Waals surface area contributed by atoms with Gasteiger partial charge in [-0.3, -0.25) is 4.90 Å². The van der Waals surface area contributed by atoms with Gasteiger partial charge in [0.05, 0.1) is 16.8 Å². The molecule has 2 aliphatic rings. The van der Waals surface area contributed by atoms with Crippen molar-refractivity contribution in [3.63, 3.8) is 0 Å². The zero-order chi connectivity index (χ0) is 25.4. The Morgan fingerprint density at radius 1 is 1.06 bits per heavy atom. The summed E-state index contributed by atoms with van der Waals surface area (Å²) in [6.07, 6.45) is 2.47. The summed E-state index contributed by atoms with van der Waals surface area (Å²) in [7, 11) is -0.457. The van der Waals surface area contributed by atoms with Crippen molar-refractivity contribution in [3.05, 3.63) is 47.0 Å². The minimum Gasteiger partial charge on any atom is -0.435 e. The summed E-state index contributed by atoms with van der Waals surface area (Å²) in [4.78, 5) is 7.21. The molecule has 2 fully saturated rings. The summed E-state index contributed by atoms with van der Waals surface area (Å²) in [5, 5.41) is 9.76. The van der Waals surface area contributed by atoms with Crippen LogP contribution in [0.4, 0.5) is 0 Å². The summed E-state index contributed by atoms with van der Waals surface area (Å²) >= 11 is 0. The smallest absolute Gasteiger partial charge is 0.435 e. The number of rotatable bonds is 4. The van der Waals surface area contributed by atoms with E-state index in [0.29, 0.717) is 17.0 Å². The van der Waals surface area contributed by atoms with Gasteiger partial charge >= 0.3 is 7.12 Å². The quantitative estimate of drug-likeness (QED) is 0.460. The second kappa shape index (κ2) is 9.77. The second-order valence-electron chi connectivity index (χ2n) is 10.2. The van der Waals surface area contributed by atoms with E-state index in [0.717, 1.165) is 47.3 Å². The predicted molar refractivity (Wildman–Crippen MR) is 140 cm³/mol. The number of nitriles is 1. The van der Waals surface area contributed by atoms with Crippen molar-refractivity contribution in [2.75, 3.05) is 13.1 Å². The van der Waals surface area contributed by atoms with Gasteiger partial charge in [0.15, 0.2) is 5.58 Å². The van der Waals surface area contributed by atoms with Crippen LogP contribution in [0.25, 0.3) is 22.6 Å². The van der Waals surface area contributed by atoms with Crippen LogP contribution in [-0.4, -0.2) is 41.3 Å². The number of aromatic nitrogens is 1. The van der Waals surface area contributed by atoms with Crippen molar-refractivity contribution in [1.82, 2.24) is 9.88 Å². The highest BCUT2D eigenvalue weighted by Gasteiger charge is 2.52. The van der Waals surface area contributed by atoms with E-state index in [2.05, 4.69) is 44.7 Å². The lowest BCUT2D eigenvalue weighted by Crippen LogP contribution is -2.41. The molecule has 6 nitrogen and oxygen atoms in total. The molecule has 0 aliphatic carbocycles. The number of benzene rings is 2. The summed E-state index contributed by atoms with van der Waals surface area (Å²) in [6.45, 7) is 17.3. The molecule has 5 rings (SSSR count). The zero-order valence-electron chi connectivity index (χ0n) is 22.1. The third kappa shape index (κ3) is 4.75. The van der Waals surface area contributed by atoms with E-state index in [4.69, 9.17) is 18.7 Å². The number of likely N-dealkylation sites (tertiary alicyclic amines) is 1. The third-order valence-corrected chi connectivity index (χ3v) is 7.39. The number of hydrogen-bond donors (Lipinski definition) is 0. The van der Waals surface area contributed by atoms with Gasteiger partial charge in [-0.25, -0.2) is 4.98 Å². The number of nitrogens with zero attached hydrogens (tertiary/aromatic N) is 3. The lowest BCUT2D eigenvalue weighted by molar-refractivity contribution is 0.00578. The van der Waals surface area contributed by atoms with Crippen LogP contribution in [0.1, 0.15) is 71.1 Å². The molecule has 0 N–H and O–H groups in total. The van der Waals surface area contributed by atoms with Crippen LogP contribution in [0.2, 0.25) is 0 Å². The van der Waals surface area contributed by atoms with Gasteiger partial charge in [-0.15, -0.1) is 0 Å². The van der Waals surface area contributed by atoms with Crippen molar-refractivity contribution in [3.8, 4) is 17.5 Å². The van der Waals surface area contributed by atoms with Gasteiger partial charge in [-0.05, 0) is 95.3 Å². The molecule has 0 radical (unpaired) electrons. The molecule has 3 aromatic rings. The molecule has 2 aromatic carbocycles. The van der Waals surface area contributed by atoms with Crippen LogP contribution in [-0.2, 0) is 15.9 Å². The van der Waals surface area contributed by atoms with Gasteiger partial charge in [0.1, 0.15) is 11.6 Å². The molecule has 0 atom stereocenters. The first kappa shape index (κ1) is 25.4. The first-order chi connectivity index (χ1) is 16.7. The lowest BCUT2D eigenvalue weighted by atomic mass is 9.75. The van der Waals surface area contributed by atoms with Crippen molar-refractivity contribution in [2.45, 2.75) is 79.1 Å². The second-order valence-corrected chi connectivity index (χ2v) is 10.2. The van der Waals surface area contributed by atoms with Crippen LogP contribution >= 0.6 is 0 Å². The fourth-order valence-electron chi connectivity index (χ4n) is 4.69. The average Bonchev–Trinajstić information content (AvgIpc) is 3.53. The lowest BCUT2D eigenvalue weighted by Gasteiger charge is -2.32. The first-order valence-electron chi connectivity index (χ1n) is 12.7.